The lowest BCUT2D eigenvalue weighted by molar-refractivity contribution is -0.139. The van der Waals surface area contributed by atoms with Crippen molar-refractivity contribution < 1.29 is 19.1 Å². The monoisotopic (exact) mass is 358 g/mol. The summed E-state index contributed by atoms with van der Waals surface area (Å²) in [4.78, 5) is 37.0. The van der Waals surface area contributed by atoms with Crippen molar-refractivity contribution in [3.8, 4) is 5.75 Å². The zero-order valence-corrected chi connectivity index (χ0v) is 14.4. The molecule has 3 rings (SSSR count). The second-order valence-corrected chi connectivity index (χ2v) is 6.36. The van der Waals surface area contributed by atoms with Gasteiger partial charge in [-0.2, -0.15) is 5.10 Å². The molecule has 0 aromatic heterocycles. The molecule has 0 bridgehead atoms. The van der Waals surface area contributed by atoms with Crippen molar-refractivity contribution in [2.45, 2.75) is 31.7 Å². The summed E-state index contributed by atoms with van der Waals surface area (Å²) in [5.41, 5.74) is 2.79. The third-order valence-electron chi connectivity index (χ3n) is 4.22. The quantitative estimate of drug-likeness (QED) is 0.437. The second kappa shape index (κ2) is 8.46. The van der Waals surface area contributed by atoms with Crippen LogP contribution in [0.4, 0.5) is 0 Å². The highest BCUT2D eigenvalue weighted by molar-refractivity contribution is 6.35. The number of hydrogen-bond acceptors (Lipinski definition) is 5. The first-order valence-corrected chi connectivity index (χ1v) is 8.77. The molecule has 26 heavy (non-hydrogen) atoms. The van der Waals surface area contributed by atoms with E-state index in [9.17, 15) is 14.4 Å². The number of benzene rings is 1. The lowest BCUT2D eigenvalue weighted by Gasteiger charge is -2.16. The zero-order chi connectivity index (χ0) is 18.4. The molecular weight excluding hydrogens is 336 g/mol. The molecule has 0 unspecified atom stereocenters. The average Bonchev–Trinajstić information content (AvgIpc) is 3.29. The van der Waals surface area contributed by atoms with E-state index in [1.165, 1.54) is 6.21 Å². The smallest absolute Gasteiger partial charge is 0.329 e. The number of nitrogens with one attached hydrogen (secondary N) is 2. The largest absolute Gasteiger partial charge is 0.483 e. The Hall–Kier alpha value is -2.90. The zero-order valence-electron chi connectivity index (χ0n) is 14.4. The molecule has 0 radical (unpaired) electrons. The fourth-order valence-corrected chi connectivity index (χ4v) is 2.61. The van der Waals surface area contributed by atoms with Gasteiger partial charge in [0.05, 0.1) is 6.21 Å². The Morgan fingerprint density at radius 1 is 1.15 bits per heavy atom. The summed E-state index contributed by atoms with van der Waals surface area (Å²) < 4.78 is 5.60. The van der Waals surface area contributed by atoms with E-state index >= 15 is 0 Å². The van der Waals surface area contributed by atoms with Crippen molar-refractivity contribution in [2.24, 2.45) is 5.10 Å². The highest BCUT2D eigenvalue weighted by Gasteiger charge is 2.26. The molecule has 1 heterocycles. The lowest BCUT2D eigenvalue weighted by atomic mass is 10.2. The predicted molar refractivity (Wildman–Crippen MR) is 94.7 cm³/mol. The fraction of sp³-hybridized carbons (Fsp3) is 0.444. The average molecular weight is 358 g/mol. The van der Waals surface area contributed by atoms with Crippen LogP contribution in [0.3, 0.4) is 0 Å². The molecule has 1 aromatic carbocycles. The number of amides is 3. The summed E-state index contributed by atoms with van der Waals surface area (Å²) in [5, 5.41) is 6.38. The highest BCUT2D eigenvalue weighted by Crippen LogP contribution is 2.18. The molecule has 1 aliphatic carbocycles. The van der Waals surface area contributed by atoms with E-state index in [-0.39, 0.29) is 18.6 Å². The Kier molecular flexibility index (Phi) is 5.83. The SMILES string of the molecule is O=C(N/N=C\c1ccccc1OCC(=O)N1CCCC1)C(=O)NC1CC1. The van der Waals surface area contributed by atoms with Crippen LogP contribution >= 0.6 is 0 Å². The van der Waals surface area contributed by atoms with Crippen LogP contribution in [0.15, 0.2) is 29.4 Å². The van der Waals surface area contributed by atoms with Gasteiger partial charge in [0.25, 0.3) is 5.91 Å². The fourth-order valence-electron chi connectivity index (χ4n) is 2.61. The summed E-state index contributed by atoms with van der Waals surface area (Å²) in [6.07, 6.45) is 5.26. The van der Waals surface area contributed by atoms with Gasteiger partial charge in [0.2, 0.25) is 0 Å². The number of nitrogens with zero attached hydrogens (tertiary/aromatic N) is 2. The van der Waals surface area contributed by atoms with Crippen LogP contribution in [0.25, 0.3) is 0 Å². The van der Waals surface area contributed by atoms with Crippen LogP contribution in [0.5, 0.6) is 5.75 Å². The topological polar surface area (TPSA) is 100 Å². The normalized spacial score (nSPS) is 16.5. The molecule has 1 saturated heterocycles. The van der Waals surface area contributed by atoms with Crippen molar-refractivity contribution in [1.82, 2.24) is 15.6 Å². The Bertz CT molecular complexity index is 709. The van der Waals surface area contributed by atoms with Crippen LogP contribution in [-0.2, 0) is 14.4 Å². The lowest BCUT2D eigenvalue weighted by Crippen LogP contribution is -2.38. The molecule has 0 atom stereocenters. The van der Waals surface area contributed by atoms with Crippen molar-refractivity contribution >= 4 is 23.9 Å². The van der Waals surface area contributed by atoms with E-state index in [1.807, 2.05) is 0 Å². The number of hydrazone groups is 1. The van der Waals surface area contributed by atoms with Crippen molar-refractivity contribution in [3.63, 3.8) is 0 Å². The molecule has 0 spiro atoms. The highest BCUT2D eigenvalue weighted by atomic mass is 16.5. The summed E-state index contributed by atoms with van der Waals surface area (Å²) in [6, 6.07) is 7.15. The molecular formula is C18H22N4O4. The molecule has 8 nitrogen and oxygen atoms in total. The number of carbonyl (C=O) groups is 3. The summed E-state index contributed by atoms with van der Waals surface area (Å²) in [7, 11) is 0. The van der Waals surface area contributed by atoms with Gasteiger partial charge in [-0.1, -0.05) is 12.1 Å². The number of likely N-dealkylation sites (tertiary alicyclic amines) is 1. The maximum Gasteiger partial charge on any atom is 0.329 e. The predicted octanol–water partition coefficient (Wildman–Crippen LogP) is 0.416. The van der Waals surface area contributed by atoms with E-state index in [0.29, 0.717) is 11.3 Å². The van der Waals surface area contributed by atoms with Gasteiger partial charge in [0, 0.05) is 24.7 Å². The molecule has 3 amide bonds. The van der Waals surface area contributed by atoms with Crippen LogP contribution in [0.1, 0.15) is 31.2 Å². The van der Waals surface area contributed by atoms with Gasteiger partial charge >= 0.3 is 11.8 Å². The molecule has 2 aliphatic rings. The van der Waals surface area contributed by atoms with Gasteiger partial charge in [0.1, 0.15) is 5.75 Å². The van der Waals surface area contributed by atoms with E-state index < -0.39 is 11.8 Å². The number of para-hydroxylation sites is 1. The van der Waals surface area contributed by atoms with Crippen molar-refractivity contribution in [3.05, 3.63) is 29.8 Å². The molecule has 138 valence electrons. The van der Waals surface area contributed by atoms with Crippen molar-refractivity contribution in [1.29, 1.82) is 0 Å². The molecule has 2 N–H and O–H groups in total. The Balaban J connectivity index is 1.51. The standard InChI is InChI=1S/C18H22N4O4/c23-16(22-9-3-4-10-22)12-26-15-6-2-1-5-13(15)11-19-21-18(25)17(24)20-14-7-8-14/h1-2,5-6,11,14H,3-4,7-10,12H2,(H,20,24)(H,21,25)/b19-11-. The molecule has 8 heteroatoms. The minimum Gasteiger partial charge on any atom is -0.483 e. The van der Waals surface area contributed by atoms with Crippen molar-refractivity contribution in [2.75, 3.05) is 19.7 Å². The summed E-state index contributed by atoms with van der Waals surface area (Å²) >= 11 is 0. The number of hydrogen-bond donors (Lipinski definition) is 2. The number of rotatable bonds is 6. The first-order chi connectivity index (χ1) is 12.6. The first-order valence-electron chi connectivity index (χ1n) is 8.77. The van der Waals surface area contributed by atoms with E-state index in [0.717, 1.165) is 38.8 Å². The van der Waals surface area contributed by atoms with Crippen LogP contribution in [0, 0.1) is 0 Å². The summed E-state index contributed by atoms with van der Waals surface area (Å²) in [6.45, 7) is 1.52. The minimum atomic E-state index is -0.809. The maximum atomic E-state index is 12.1. The Labute approximate surface area is 151 Å². The van der Waals surface area contributed by atoms with Gasteiger partial charge in [-0.25, -0.2) is 5.43 Å². The van der Waals surface area contributed by atoms with Gasteiger partial charge < -0.3 is 15.0 Å². The number of ether oxygens (including phenoxy) is 1. The van der Waals surface area contributed by atoms with E-state index in [4.69, 9.17) is 4.74 Å². The third-order valence-corrected chi connectivity index (χ3v) is 4.22. The van der Waals surface area contributed by atoms with Crippen LogP contribution < -0.4 is 15.5 Å². The van der Waals surface area contributed by atoms with Gasteiger partial charge in [0.15, 0.2) is 6.61 Å². The third kappa shape index (κ3) is 5.05. The van der Waals surface area contributed by atoms with Gasteiger partial charge in [-0.3, -0.25) is 14.4 Å². The maximum absolute atomic E-state index is 12.1. The molecule has 1 saturated carbocycles. The van der Waals surface area contributed by atoms with Gasteiger partial charge in [-0.05, 0) is 37.8 Å². The minimum absolute atomic E-state index is 0.0407. The summed E-state index contributed by atoms with van der Waals surface area (Å²) in [5.74, 6) is -1.05. The first kappa shape index (κ1) is 17.9. The molecule has 2 fully saturated rings. The Morgan fingerprint density at radius 2 is 1.88 bits per heavy atom. The molecule has 1 aliphatic heterocycles. The molecule has 1 aromatic rings. The van der Waals surface area contributed by atoms with Crippen LogP contribution in [-0.4, -0.2) is 54.6 Å². The van der Waals surface area contributed by atoms with Gasteiger partial charge in [-0.15, -0.1) is 0 Å². The van der Waals surface area contributed by atoms with Crippen LogP contribution in [0.2, 0.25) is 0 Å². The second-order valence-electron chi connectivity index (χ2n) is 6.36. The number of carbonyl (C=O) groups excluding carboxylic acids is 3. The van der Waals surface area contributed by atoms with E-state index in [1.54, 1.807) is 29.2 Å². The van der Waals surface area contributed by atoms with E-state index in [2.05, 4.69) is 15.8 Å². The Morgan fingerprint density at radius 3 is 2.62 bits per heavy atom.